The van der Waals surface area contributed by atoms with E-state index in [4.69, 9.17) is 5.73 Å². The zero-order valence-corrected chi connectivity index (χ0v) is 12.6. The molecule has 0 aliphatic carbocycles. The van der Waals surface area contributed by atoms with E-state index >= 15 is 0 Å². The molecule has 2 saturated heterocycles. The lowest BCUT2D eigenvalue weighted by molar-refractivity contribution is -0.134. The van der Waals surface area contributed by atoms with Crippen LogP contribution in [0.25, 0.3) is 0 Å². The van der Waals surface area contributed by atoms with Crippen molar-refractivity contribution in [3.05, 3.63) is 0 Å². The number of nitrogens with zero attached hydrogens (tertiary/aromatic N) is 2. The third kappa shape index (κ3) is 3.93. The maximum Gasteiger partial charge on any atom is 0.236 e. The van der Waals surface area contributed by atoms with Crippen LogP contribution >= 0.6 is 0 Å². The fourth-order valence-corrected chi connectivity index (χ4v) is 3.59. The lowest BCUT2D eigenvalue weighted by Crippen LogP contribution is -2.46. The number of carbonyl (C=O) groups is 1. The zero-order valence-electron chi connectivity index (χ0n) is 12.6. The van der Waals surface area contributed by atoms with Gasteiger partial charge in [-0.1, -0.05) is 13.8 Å². The molecule has 0 aromatic rings. The fraction of sp³-hybridized carbons (Fsp3) is 0.933. The average molecular weight is 267 g/mol. The molecule has 0 saturated carbocycles. The Morgan fingerprint density at radius 3 is 2.42 bits per heavy atom. The second-order valence-electron chi connectivity index (χ2n) is 6.89. The highest BCUT2D eigenvalue weighted by Gasteiger charge is 2.30. The van der Waals surface area contributed by atoms with Gasteiger partial charge >= 0.3 is 0 Å². The zero-order chi connectivity index (χ0) is 14.0. The molecule has 2 N–H and O–H groups in total. The molecule has 4 nitrogen and oxygen atoms in total. The Bertz CT molecular complexity index is 309. The van der Waals surface area contributed by atoms with Gasteiger partial charge in [-0.2, -0.15) is 0 Å². The summed E-state index contributed by atoms with van der Waals surface area (Å²) in [5.74, 6) is 2.15. The predicted molar refractivity (Wildman–Crippen MR) is 77.7 cm³/mol. The normalized spacial score (nSPS) is 34.5. The van der Waals surface area contributed by atoms with Crippen LogP contribution in [0.3, 0.4) is 0 Å². The molecule has 110 valence electrons. The Hall–Kier alpha value is -0.610. The summed E-state index contributed by atoms with van der Waals surface area (Å²) in [5.41, 5.74) is 5.95. The van der Waals surface area contributed by atoms with Crippen molar-refractivity contribution in [2.24, 2.45) is 23.5 Å². The SMILES string of the molecule is CC1CC(C)CN(C(=O)CN2CCC(C(C)N)C2)C1. The molecule has 0 radical (unpaired) electrons. The van der Waals surface area contributed by atoms with Gasteiger partial charge in [-0.25, -0.2) is 0 Å². The molecule has 2 fully saturated rings. The molecule has 4 unspecified atom stereocenters. The van der Waals surface area contributed by atoms with E-state index < -0.39 is 0 Å². The molecule has 2 aliphatic rings. The molecule has 19 heavy (non-hydrogen) atoms. The van der Waals surface area contributed by atoms with Crippen molar-refractivity contribution in [3.63, 3.8) is 0 Å². The van der Waals surface area contributed by atoms with Crippen LogP contribution in [0, 0.1) is 17.8 Å². The third-order valence-corrected chi connectivity index (χ3v) is 4.63. The molecule has 2 rings (SSSR count). The van der Waals surface area contributed by atoms with E-state index in [-0.39, 0.29) is 6.04 Å². The van der Waals surface area contributed by atoms with Gasteiger partial charge in [0.1, 0.15) is 0 Å². The van der Waals surface area contributed by atoms with E-state index in [9.17, 15) is 4.79 Å². The maximum absolute atomic E-state index is 12.4. The largest absolute Gasteiger partial charge is 0.341 e. The van der Waals surface area contributed by atoms with Crippen LogP contribution in [0.4, 0.5) is 0 Å². The number of carbonyl (C=O) groups excluding carboxylic acids is 1. The van der Waals surface area contributed by atoms with E-state index in [1.807, 2.05) is 0 Å². The lowest BCUT2D eigenvalue weighted by atomic mass is 9.92. The highest BCUT2D eigenvalue weighted by molar-refractivity contribution is 5.78. The Kier molecular flexibility index (Phi) is 4.85. The molecule has 0 spiro atoms. The predicted octanol–water partition coefficient (Wildman–Crippen LogP) is 1.16. The minimum atomic E-state index is 0.245. The van der Waals surface area contributed by atoms with Gasteiger partial charge in [0, 0.05) is 25.7 Å². The summed E-state index contributed by atoms with van der Waals surface area (Å²) in [4.78, 5) is 16.7. The van der Waals surface area contributed by atoms with Crippen LogP contribution in [0.2, 0.25) is 0 Å². The summed E-state index contributed by atoms with van der Waals surface area (Å²) in [6, 6.07) is 0.245. The minimum Gasteiger partial charge on any atom is -0.341 e. The molecular formula is C15H29N3O. The molecule has 4 heteroatoms. The van der Waals surface area contributed by atoms with Crippen molar-refractivity contribution in [1.82, 2.24) is 9.80 Å². The highest BCUT2D eigenvalue weighted by atomic mass is 16.2. The van der Waals surface area contributed by atoms with Gasteiger partial charge in [-0.3, -0.25) is 9.69 Å². The number of hydrogen-bond donors (Lipinski definition) is 1. The van der Waals surface area contributed by atoms with Crippen molar-refractivity contribution >= 4 is 5.91 Å². The van der Waals surface area contributed by atoms with E-state index in [0.717, 1.165) is 32.6 Å². The molecule has 0 bridgehead atoms. The Balaban J connectivity index is 1.81. The molecule has 2 heterocycles. The first-order valence-electron chi connectivity index (χ1n) is 7.71. The summed E-state index contributed by atoms with van der Waals surface area (Å²) in [6.45, 7) is 11.0. The Labute approximate surface area is 117 Å². The summed E-state index contributed by atoms with van der Waals surface area (Å²) in [7, 11) is 0. The smallest absolute Gasteiger partial charge is 0.236 e. The number of nitrogens with two attached hydrogens (primary N) is 1. The second kappa shape index (κ2) is 6.23. The first-order chi connectivity index (χ1) is 8.95. The van der Waals surface area contributed by atoms with Crippen molar-refractivity contribution < 1.29 is 4.79 Å². The Morgan fingerprint density at radius 2 is 1.89 bits per heavy atom. The van der Waals surface area contributed by atoms with Gasteiger partial charge in [-0.15, -0.1) is 0 Å². The van der Waals surface area contributed by atoms with E-state index in [1.165, 1.54) is 6.42 Å². The van der Waals surface area contributed by atoms with Crippen molar-refractivity contribution in [1.29, 1.82) is 0 Å². The van der Waals surface area contributed by atoms with Crippen LogP contribution in [0.5, 0.6) is 0 Å². The monoisotopic (exact) mass is 267 g/mol. The summed E-state index contributed by atoms with van der Waals surface area (Å²) < 4.78 is 0. The topological polar surface area (TPSA) is 49.6 Å². The van der Waals surface area contributed by atoms with E-state index in [2.05, 4.69) is 30.6 Å². The lowest BCUT2D eigenvalue weighted by Gasteiger charge is -2.35. The standard InChI is InChI=1S/C15H29N3O/c1-11-6-12(2)8-18(7-11)15(19)10-17-5-4-14(9-17)13(3)16/h11-14H,4-10,16H2,1-3H3. The van der Waals surface area contributed by atoms with Crippen molar-refractivity contribution in [2.75, 3.05) is 32.7 Å². The van der Waals surface area contributed by atoms with Crippen molar-refractivity contribution in [2.45, 2.75) is 39.7 Å². The van der Waals surface area contributed by atoms with Crippen LogP contribution in [0.15, 0.2) is 0 Å². The van der Waals surface area contributed by atoms with Gasteiger partial charge in [-0.05, 0) is 44.1 Å². The van der Waals surface area contributed by atoms with E-state index in [0.29, 0.717) is 30.2 Å². The fourth-order valence-electron chi connectivity index (χ4n) is 3.59. The Morgan fingerprint density at radius 1 is 1.26 bits per heavy atom. The third-order valence-electron chi connectivity index (χ3n) is 4.63. The van der Waals surface area contributed by atoms with Crippen molar-refractivity contribution in [3.8, 4) is 0 Å². The summed E-state index contributed by atoms with van der Waals surface area (Å²) in [6.07, 6.45) is 2.39. The summed E-state index contributed by atoms with van der Waals surface area (Å²) in [5, 5.41) is 0. The number of piperidine rings is 1. The molecule has 2 aliphatic heterocycles. The van der Waals surface area contributed by atoms with Gasteiger partial charge in [0.15, 0.2) is 0 Å². The molecular weight excluding hydrogens is 238 g/mol. The number of hydrogen-bond acceptors (Lipinski definition) is 3. The van der Waals surface area contributed by atoms with Crippen LogP contribution < -0.4 is 5.73 Å². The first kappa shape index (κ1) is 14.8. The van der Waals surface area contributed by atoms with Crippen LogP contribution in [-0.4, -0.2) is 54.5 Å². The number of amides is 1. The van der Waals surface area contributed by atoms with Gasteiger partial charge in [0.2, 0.25) is 5.91 Å². The molecule has 4 atom stereocenters. The van der Waals surface area contributed by atoms with Crippen LogP contribution in [-0.2, 0) is 4.79 Å². The van der Waals surface area contributed by atoms with Gasteiger partial charge < -0.3 is 10.6 Å². The second-order valence-corrected chi connectivity index (χ2v) is 6.89. The van der Waals surface area contributed by atoms with Crippen LogP contribution in [0.1, 0.15) is 33.6 Å². The van der Waals surface area contributed by atoms with Gasteiger partial charge in [0.05, 0.1) is 6.54 Å². The molecule has 0 aromatic heterocycles. The number of likely N-dealkylation sites (tertiary alicyclic amines) is 2. The number of rotatable bonds is 3. The maximum atomic E-state index is 12.4. The van der Waals surface area contributed by atoms with Gasteiger partial charge in [0.25, 0.3) is 0 Å². The molecule has 1 amide bonds. The highest BCUT2D eigenvalue weighted by Crippen LogP contribution is 2.22. The van der Waals surface area contributed by atoms with E-state index in [1.54, 1.807) is 0 Å². The first-order valence-corrected chi connectivity index (χ1v) is 7.71. The summed E-state index contributed by atoms with van der Waals surface area (Å²) >= 11 is 0. The quantitative estimate of drug-likeness (QED) is 0.835. The minimum absolute atomic E-state index is 0.245. The average Bonchev–Trinajstić information content (AvgIpc) is 2.76. The molecule has 0 aromatic carbocycles.